The molecule has 3 heteroatoms. The molecule has 2 aliphatic rings. The van der Waals surface area contributed by atoms with Gasteiger partial charge >= 0.3 is 0 Å². The van der Waals surface area contributed by atoms with E-state index in [9.17, 15) is 0 Å². The number of nitrogens with zero attached hydrogens (tertiary/aromatic N) is 2. The Kier molecular flexibility index (Phi) is 3.88. The molecule has 94 valence electrons. The second-order valence-electron chi connectivity index (χ2n) is 6.15. The Balaban J connectivity index is 1.69. The van der Waals surface area contributed by atoms with Gasteiger partial charge in [0, 0.05) is 31.2 Å². The van der Waals surface area contributed by atoms with Crippen molar-refractivity contribution in [2.45, 2.75) is 44.7 Å². The van der Waals surface area contributed by atoms with Crippen molar-refractivity contribution in [1.29, 1.82) is 0 Å². The molecule has 0 amide bonds. The van der Waals surface area contributed by atoms with Crippen molar-refractivity contribution in [1.82, 2.24) is 15.1 Å². The second kappa shape index (κ2) is 5.03. The first-order chi connectivity index (χ1) is 7.57. The largest absolute Gasteiger partial charge is 0.310 e. The fourth-order valence-corrected chi connectivity index (χ4v) is 2.93. The summed E-state index contributed by atoms with van der Waals surface area (Å²) in [6.07, 6.45) is 4.09. The summed E-state index contributed by atoms with van der Waals surface area (Å²) < 4.78 is 0. The minimum absolute atomic E-state index is 0.340. The first-order valence-corrected chi connectivity index (χ1v) is 6.74. The lowest BCUT2D eigenvalue weighted by Gasteiger charge is -2.27. The van der Waals surface area contributed by atoms with Crippen LogP contribution in [0.3, 0.4) is 0 Å². The van der Waals surface area contributed by atoms with Crippen molar-refractivity contribution >= 4 is 0 Å². The molecule has 2 heterocycles. The quantitative estimate of drug-likeness (QED) is 0.774. The summed E-state index contributed by atoms with van der Waals surface area (Å²) >= 11 is 0. The van der Waals surface area contributed by atoms with Gasteiger partial charge in [-0.2, -0.15) is 0 Å². The first-order valence-electron chi connectivity index (χ1n) is 6.74. The monoisotopic (exact) mass is 225 g/mol. The van der Waals surface area contributed by atoms with Gasteiger partial charge in [0.1, 0.15) is 0 Å². The Bertz CT molecular complexity index is 221. The van der Waals surface area contributed by atoms with Crippen molar-refractivity contribution in [2.75, 3.05) is 39.8 Å². The van der Waals surface area contributed by atoms with E-state index in [2.05, 4.69) is 36.0 Å². The summed E-state index contributed by atoms with van der Waals surface area (Å²) in [5.74, 6) is 0. The summed E-state index contributed by atoms with van der Waals surface area (Å²) in [6.45, 7) is 10.9. The highest BCUT2D eigenvalue weighted by Crippen LogP contribution is 2.21. The van der Waals surface area contributed by atoms with E-state index in [1.165, 1.54) is 45.4 Å². The van der Waals surface area contributed by atoms with Crippen molar-refractivity contribution in [3.05, 3.63) is 0 Å². The second-order valence-corrected chi connectivity index (χ2v) is 6.15. The summed E-state index contributed by atoms with van der Waals surface area (Å²) in [7, 11) is 2.28. The molecule has 1 unspecified atom stereocenters. The first kappa shape index (κ1) is 12.3. The van der Waals surface area contributed by atoms with Crippen LogP contribution in [0.25, 0.3) is 0 Å². The molecule has 0 aromatic heterocycles. The molecule has 0 saturated carbocycles. The van der Waals surface area contributed by atoms with Crippen molar-refractivity contribution in [3.63, 3.8) is 0 Å². The predicted octanol–water partition coefficient (Wildman–Crippen LogP) is 1.15. The van der Waals surface area contributed by atoms with E-state index in [0.717, 1.165) is 12.6 Å². The molecule has 0 aromatic carbocycles. The number of hydrogen-bond donors (Lipinski definition) is 1. The maximum absolute atomic E-state index is 3.60. The zero-order valence-corrected chi connectivity index (χ0v) is 11.1. The Morgan fingerprint density at radius 2 is 2.00 bits per heavy atom. The van der Waals surface area contributed by atoms with Crippen LogP contribution in [0.5, 0.6) is 0 Å². The molecule has 0 radical (unpaired) electrons. The fourth-order valence-electron chi connectivity index (χ4n) is 2.93. The van der Waals surface area contributed by atoms with Gasteiger partial charge in [-0.3, -0.25) is 0 Å². The average molecular weight is 225 g/mol. The smallest absolute Gasteiger partial charge is 0.0235 e. The molecule has 1 atom stereocenters. The van der Waals surface area contributed by atoms with Gasteiger partial charge in [0.25, 0.3) is 0 Å². The zero-order chi connectivity index (χ0) is 11.6. The lowest BCUT2D eigenvalue weighted by molar-refractivity contribution is 0.209. The Labute approximate surface area is 100 Å². The molecular formula is C13H27N3. The van der Waals surface area contributed by atoms with Crippen LogP contribution in [0.2, 0.25) is 0 Å². The molecule has 0 spiro atoms. The van der Waals surface area contributed by atoms with E-state index in [1.807, 2.05) is 0 Å². The van der Waals surface area contributed by atoms with Gasteiger partial charge in [-0.05, 0) is 53.2 Å². The topological polar surface area (TPSA) is 18.5 Å². The number of hydrogen-bond acceptors (Lipinski definition) is 3. The molecule has 2 fully saturated rings. The van der Waals surface area contributed by atoms with Gasteiger partial charge in [0.05, 0.1) is 0 Å². The van der Waals surface area contributed by atoms with E-state index in [0.29, 0.717) is 5.54 Å². The van der Waals surface area contributed by atoms with E-state index in [4.69, 9.17) is 0 Å². The number of likely N-dealkylation sites (tertiary alicyclic amines) is 1. The minimum Gasteiger partial charge on any atom is -0.310 e. The molecule has 0 aromatic rings. The van der Waals surface area contributed by atoms with Gasteiger partial charge in [-0.1, -0.05) is 0 Å². The molecule has 2 saturated heterocycles. The van der Waals surface area contributed by atoms with Crippen LogP contribution < -0.4 is 5.32 Å². The van der Waals surface area contributed by atoms with E-state index in [1.54, 1.807) is 0 Å². The number of likely N-dealkylation sites (N-methyl/N-ethyl adjacent to an activating group) is 1. The summed E-state index contributed by atoms with van der Waals surface area (Å²) in [5, 5.41) is 3.60. The Morgan fingerprint density at radius 3 is 2.56 bits per heavy atom. The third-order valence-electron chi connectivity index (χ3n) is 4.15. The third kappa shape index (κ3) is 3.19. The highest BCUT2D eigenvalue weighted by Gasteiger charge is 2.32. The molecule has 16 heavy (non-hydrogen) atoms. The van der Waals surface area contributed by atoms with Crippen LogP contribution in [0, 0.1) is 0 Å². The maximum Gasteiger partial charge on any atom is 0.0235 e. The van der Waals surface area contributed by atoms with Gasteiger partial charge in [-0.15, -0.1) is 0 Å². The van der Waals surface area contributed by atoms with Gasteiger partial charge in [0.15, 0.2) is 0 Å². The predicted molar refractivity (Wildman–Crippen MR) is 68.8 cm³/mol. The van der Waals surface area contributed by atoms with Crippen LogP contribution in [0.1, 0.15) is 33.1 Å². The van der Waals surface area contributed by atoms with Gasteiger partial charge in [-0.25, -0.2) is 0 Å². The average Bonchev–Trinajstić information content (AvgIpc) is 2.83. The minimum atomic E-state index is 0.340. The van der Waals surface area contributed by atoms with Gasteiger partial charge < -0.3 is 15.1 Å². The van der Waals surface area contributed by atoms with Crippen molar-refractivity contribution in [3.8, 4) is 0 Å². The van der Waals surface area contributed by atoms with E-state index >= 15 is 0 Å². The van der Waals surface area contributed by atoms with E-state index < -0.39 is 0 Å². The SMILES string of the molecule is CN(CCN1CCCC1)C1CNC(C)(C)C1. The van der Waals surface area contributed by atoms with Crippen LogP contribution in [0.4, 0.5) is 0 Å². The van der Waals surface area contributed by atoms with Crippen LogP contribution in [0.15, 0.2) is 0 Å². The van der Waals surface area contributed by atoms with Crippen LogP contribution in [-0.2, 0) is 0 Å². The standard InChI is InChI=1S/C13H27N3/c1-13(2)10-12(11-14-13)15(3)8-9-16-6-4-5-7-16/h12,14H,4-11H2,1-3H3. The zero-order valence-electron chi connectivity index (χ0n) is 11.1. The maximum atomic E-state index is 3.60. The molecule has 2 rings (SSSR count). The molecule has 0 aliphatic carbocycles. The lowest BCUT2D eigenvalue weighted by Crippen LogP contribution is -2.39. The molecular weight excluding hydrogens is 198 g/mol. The van der Waals surface area contributed by atoms with E-state index in [-0.39, 0.29) is 0 Å². The molecule has 2 aliphatic heterocycles. The summed E-state index contributed by atoms with van der Waals surface area (Å²) in [4.78, 5) is 5.14. The fraction of sp³-hybridized carbons (Fsp3) is 1.00. The summed E-state index contributed by atoms with van der Waals surface area (Å²) in [6, 6.07) is 0.734. The normalized spacial score (nSPS) is 30.4. The molecule has 0 bridgehead atoms. The lowest BCUT2D eigenvalue weighted by atomic mass is 10.0. The van der Waals surface area contributed by atoms with Crippen LogP contribution >= 0.6 is 0 Å². The summed E-state index contributed by atoms with van der Waals surface area (Å²) in [5.41, 5.74) is 0.340. The Hall–Kier alpha value is -0.120. The molecule has 3 nitrogen and oxygen atoms in total. The highest BCUT2D eigenvalue weighted by atomic mass is 15.2. The van der Waals surface area contributed by atoms with Gasteiger partial charge in [0.2, 0.25) is 0 Å². The number of nitrogens with one attached hydrogen (secondary N) is 1. The third-order valence-corrected chi connectivity index (χ3v) is 4.15. The van der Waals surface area contributed by atoms with Crippen LogP contribution in [-0.4, -0.2) is 61.2 Å². The Morgan fingerprint density at radius 1 is 1.31 bits per heavy atom. The number of rotatable bonds is 4. The van der Waals surface area contributed by atoms with Crippen molar-refractivity contribution in [2.24, 2.45) is 0 Å². The molecule has 1 N–H and O–H groups in total. The highest BCUT2D eigenvalue weighted by molar-refractivity contribution is 4.93. The van der Waals surface area contributed by atoms with Crippen molar-refractivity contribution < 1.29 is 0 Å².